The van der Waals surface area contributed by atoms with Crippen LogP contribution >= 0.6 is 0 Å². The zero-order valence-electron chi connectivity index (χ0n) is 11.1. The number of nitrogens with two attached hydrogens (primary N) is 1. The lowest BCUT2D eigenvalue weighted by Gasteiger charge is -2.19. The van der Waals surface area contributed by atoms with Gasteiger partial charge in [-0.3, -0.25) is 0 Å². The molecule has 1 aliphatic rings. The highest BCUT2D eigenvalue weighted by Crippen LogP contribution is 2.25. The molecule has 5 nitrogen and oxygen atoms in total. The minimum Gasteiger partial charge on any atom is -0.478 e. The number of benzene rings is 1. The molecule has 1 aliphatic heterocycles. The Morgan fingerprint density at radius 2 is 2.37 bits per heavy atom. The number of ether oxygens (including phenoxy) is 1. The van der Waals surface area contributed by atoms with Crippen molar-refractivity contribution in [2.24, 2.45) is 5.92 Å². The van der Waals surface area contributed by atoms with E-state index < -0.39 is 5.97 Å². The van der Waals surface area contributed by atoms with Crippen LogP contribution in [0.1, 0.15) is 30.1 Å². The fourth-order valence-electron chi connectivity index (χ4n) is 2.51. The minimum atomic E-state index is -0.947. The quantitative estimate of drug-likeness (QED) is 0.710. The zero-order chi connectivity index (χ0) is 13.8. The number of anilines is 2. The van der Waals surface area contributed by atoms with Crippen molar-refractivity contribution in [1.29, 1.82) is 0 Å². The zero-order valence-corrected chi connectivity index (χ0v) is 11.1. The van der Waals surface area contributed by atoms with Crippen LogP contribution < -0.4 is 11.1 Å². The maximum Gasteiger partial charge on any atom is 0.337 e. The van der Waals surface area contributed by atoms with E-state index in [4.69, 9.17) is 15.6 Å². The SMILES string of the molecule is CCC1OCCC1CNc1cc(N)ccc1C(=O)O. The van der Waals surface area contributed by atoms with Crippen LogP contribution in [0.3, 0.4) is 0 Å². The molecule has 5 heteroatoms. The van der Waals surface area contributed by atoms with Crippen molar-refractivity contribution in [2.75, 3.05) is 24.2 Å². The fourth-order valence-corrected chi connectivity index (χ4v) is 2.51. The normalized spacial score (nSPS) is 22.4. The molecule has 1 aromatic rings. The van der Waals surface area contributed by atoms with Gasteiger partial charge in [0.25, 0.3) is 0 Å². The Kier molecular flexibility index (Phi) is 4.27. The molecule has 4 N–H and O–H groups in total. The predicted molar refractivity (Wildman–Crippen MR) is 74.4 cm³/mol. The molecule has 2 atom stereocenters. The molecule has 0 radical (unpaired) electrons. The molecule has 0 bridgehead atoms. The van der Waals surface area contributed by atoms with Crippen molar-refractivity contribution in [3.8, 4) is 0 Å². The lowest BCUT2D eigenvalue weighted by molar-refractivity contribution is 0.0698. The van der Waals surface area contributed by atoms with E-state index in [0.29, 0.717) is 23.8 Å². The highest BCUT2D eigenvalue weighted by Gasteiger charge is 2.26. The number of nitrogens with one attached hydrogen (secondary N) is 1. The first-order chi connectivity index (χ1) is 9.11. The summed E-state index contributed by atoms with van der Waals surface area (Å²) >= 11 is 0. The third-order valence-electron chi connectivity index (χ3n) is 3.58. The van der Waals surface area contributed by atoms with E-state index >= 15 is 0 Å². The van der Waals surface area contributed by atoms with Crippen molar-refractivity contribution >= 4 is 17.3 Å². The molecule has 0 aliphatic carbocycles. The van der Waals surface area contributed by atoms with E-state index in [1.807, 2.05) is 0 Å². The predicted octanol–water partition coefficient (Wildman–Crippen LogP) is 2.19. The van der Waals surface area contributed by atoms with Gasteiger partial charge in [-0.1, -0.05) is 6.92 Å². The molecule has 0 aromatic heterocycles. The van der Waals surface area contributed by atoms with Crippen LogP contribution in [0, 0.1) is 5.92 Å². The lowest BCUT2D eigenvalue weighted by atomic mass is 9.99. The van der Waals surface area contributed by atoms with Crippen LogP contribution in [0.25, 0.3) is 0 Å². The average molecular weight is 264 g/mol. The smallest absolute Gasteiger partial charge is 0.337 e. The van der Waals surface area contributed by atoms with Gasteiger partial charge in [0, 0.05) is 24.8 Å². The number of hydrogen-bond acceptors (Lipinski definition) is 4. The van der Waals surface area contributed by atoms with Gasteiger partial charge in [0.05, 0.1) is 17.4 Å². The summed E-state index contributed by atoms with van der Waals surface area (Å²) < 4.78 is 5.62. The Bertz CT molecular complexity index is 462. The average Bonchev–Trinajstić information content (AvgIpc) is 2.83. The van der Waals surface area contributed by atoms with Crippen LogP contribution in [0.15, 0.2) is 18.2 Å². The molecule has 2 unspecified atom stereocenters. The largest absolute Gasteiger partial charge is 0.478 e. The van der Waals surface area contributed by atoms with Gasteiger partial charge >= 0.3 is 5.97 Å². The van der Waals surface area contributed by atoms with Crippen LogP contribution in [0.2, 0.25) is 0 Å². The van der Waals surface area contributed by atoms with Crippen LogP contribution in [-0.2, 0) is 4.74 Å². The van der Waals surface area contributed by atoms with Gasteiger partial charge < -0.3 is 20.9 Å². The summed E-state index contributed by atoms with van der Waals surface area (Å²) in [7, 11) is 0. The fraction of sp³-hybridized carbons (Fsp3) is 0.500. The number of carbonyl (C=O) groups is 1. The summed E-state index contributed by atoms with van der Waals surface area (Å²) in [5, 5.41) is 12.3. The minimum absolute atomic E-state index is 0.251. The van der Waals surface area contributed by atoms with E-state index in [1.54, 1.807) is 12.1 Å². The second-order valence-electron chi connectivity index (χ2n) is 4.86. The van der Waals surface area contributed by atoms with Crippen LogP contribution in [-0.4, -0.2) is 30.3 Å². The monoisotopic (exact) mass is 264 g/mol. The van der Waals surface area contributed by atoms with Crippen molar-refractivity contribution in [2.45, 2.75) is 25.9 Å². The standard InChI is InChI=1S/C14H20N2O3/c1-2-13-9(5-6-19-13)8-16-12-7-10(15)3-4-11(12)14(17)18/h3-4,7,9,13,16H,2,5-6,8,15H2,1H3,(H,17,18). The number of rotatable bonds is 5. The highest BCUT2D eigenvalue weighted by molar-refractivity contribution is 5.95. The summed E-state index contributed by atoms with van der Waals surface area (Å²) in [5.41, 5.74) is 7.09. The molecule has 104 valence electrons. The number of nitrogen functional groups attached to an aromatic ring is 1. The summed E-state index contributed by atoms with van der Waals surface area (Å²) in [6, 6.07) is 4.80. The lowest BCUT2D eigenvalue weighted by Crippen LogP contribution is -2.23. The maximum atomic E-state index is 11.1. The first kappa shape index (κ1) is 13.7. The molecule has 19 heavy (non-hydrogen) atoms. The molecule has 1 saturated heterocycles. The van der Waals surface area contributed by atoms with Gasteiger partial charge in [-0.25, -0.2) is 4.79 Å². The van der Waals surface area contributed by atoms with Gasteiger partial charge in [-0.05, 0) is 31.0 Å². The molecule has 0 spiro atoms. The Labute approximate surface area is 112 Å². The summed E-state index contributed by atoms with van der Waals surface area (Å²) in [5.74, 6) is -0.523. The third kappa shape index (κ3) is 3.17. The van der Waals surface area contributed by atoms with Gasteiger partial charge in [0.1, 0.15) is 0 Å². The first-order valence-electron chi connectivity index (χ1n) is 6.60. The van der Waals surface area contributed by atoms with E-state index in [2.05, 4.69) is 12.2 Å². The first-order valence-corrected chi connectivity index (χ1v) is 6.60. The van der Waals surface area contributed by atoms with E-state index in [-0.39, 0.29) is 11.7 Å². The molecule has 0 saturated carbocycles. The Balaban J connectivity index is 2.06. The molecule has 1 aromatic carbocycles. The molecule has 0 amide bonds. The molecular formula is C14H20N2O3. The second kappa shape index (κ2) is 5.93. The van der Waals surface area contributed by atoms with Gasteiger partial charge in [-0.2, -0.15) is 0 Å². The highest BCUT2D eigenvalue weighted by atomic mass is 16.5. The Morgan fingerprint density at radius 1 is 1.58 bits per heavy atom. The van der Waals surface area contributed by atoms with Gasteiger partial charge in [0.2, 0.25) is 0 Å². The van der Waals surface area contributed by atoms with Crippen molar-refractivity contribution in [3.05, 3.63) is 23.8 Å². The van der Waals surface area contributed by atoms with Gasteiger partial charge in [0.15, 0.2) is 0 Å². The van der Waals surface area contributed by atoms with Gasteiger partial charge in [-0.15, -0.1) is 0 Å². The topological polar surface area (TPSA) is 84.6 Å². The van der Waals surface area contributed by atoms with Crippen molar-refractivity contribution < 1.29 is 14.6 Å². The van der Waals surface area contributed by atoms with E-state index in [9.17, 15) is 4.79 Å². The Morgan fingerprint density at radius 3 is 3.05 bits per heavy atom. The molecule has 2 rings (SSSR count). The summed E-state index contributed by atoms with van der Waals surface area (Å²) in [6.07, 6.45) is 2.26. The van der Waals surface area contributed by atoms with E-state index in [0.717, 1.165) is 19.4 Å². The number of carboxylic acid groups (broad SMARTS) is 1. The molecule has 1 heterocycles. The number of hydrogen-bond donors (Lipinski definition) is 3. The van der Waals surface area contributed by atoms with Crippen LogP contribution in [0.4, 0.5) is 11.4 Å². The molecular weight excluding hydrogens is 244 g/mol. The van der Waals surface area contributed by atoms with Crippen molar-refractivity contribution in [1.82, 2.24) is 0 Å². The Hall–Kier alpha value is -1.75. The van der Waals surface area contributed by atoms with E-state index in [1.165, 1.54) is 6.07 Å². The number of carboxylic acids is 1. The second-order valence-corrected chi connectivity index (χ2v) is 4.86. The third-order valence-corrected chi connectivity index (χ3v) is 3.58. The van der Waals surface area contributed by atoms with Crippen molar-refractivity contribution in [3.63, 3.8) is 0 Å². The maximum absolute atomic E-state index is 11.1. The van der Waals surface area contributed by atoms with Crippen LogP contribution in [0.5, 0.6) is 0 Å². The summed E-state index contributed by atoms with van der Waals surface area (Å²) in [4.78, 5) is 11.1. The number of aromatic carboxylic acids is 1. The molecule has 1 fully saturated rings. The summed E-state index contributed by atoms with van der Waals surface area (Å²) in [6.45, 7) is 3.60.